The summed E-state index contributed by atoms with van der Waals surface area (Å²) in [6.07, 6.45) is 4.13. The molecule has 1 aliphatic carbocycles. The van der Waals surface area contributed by atoms with Crippen molar-refractivity contribution in [1.29, 1.82) is 0 Å². The van der Waals surface area contributed by atoms with Gasteiger partial charge in [-0.3, -0.25) is 0 Å². The molecule has 8 nitrogen and oxygen atoms in total. The van der Waals surface area contributed by atoms with Crippen molar-refractivity contribution in [2.45, 2.75) is 18.9 Å². The minimum atomic E-state index is 0.479. The van der Waals surface area contributed by atoms with E-state index in [0.717, 1.165) is 52.4 Å². The summed E-state index contributed by atoms with van der Waals surface area (Å²) < 4.78 is 12.5. The predicted octanol–water partition coefficient (Wildman–Crippen LogP) is 4.10. The molecule has 0 aliphatic heterocycles. The van der Waals surface area contributed by atoms with Crippen molar-refractivity contribution in [3.8, 4) is 28.3 Å². The van der Waals surface area contributed by atoms with E-state index in [1.54, 1.807) is 20.4 Å². The minimum absolute atomic E-state index is 0.479. The average Bonchev–Trinajstić information content (AvgIpc) is 3.55. The molecule has 1 saturated carbocycles. The lowest BCUT2D eigenvalue weighted by Gasteiger charge is -2.08. The van der Waals surface area contributed by atoms with Gasteiger partial charge in [-0.2, -0.15) is 5.10 Å². The number of ether oxygens (including phenoxy) is 2. The van der Waals surface area contributed by atoms with Gasteiger partial charge < -0.3 is 20.1 Å². The largest absolute Gasteiger partial charge is 0.497 e. The maximum Gasteiger partial charge on any atom is 0.223 e. The lowest BCUT2D eigenvalue weighted by Crippen LogP contribution is -2.10. The summed E-state index contributed by atoms with van der Waals surface area (Å²) in [6, 6.07) is 16.4. The number of anilines is 2. The van der Waals surface area contributed by atoms with Crippen molar-refractivity contribution in [3.63, 3.8) is 0 Å². The monoisotopic (exact) mass is 430 g/mol. The molecule has 0 atom stereocenters. The van der Waals surface area contributed by atoms with E-state index in [9.17, 15) is 0 Å². The smallest absolute Gasteiger partial charge is 0.223 e. The first kappa shape index (κ1) is 20.3. The summed E-state index contributed by atoms with van der Waals surface area (Å²) in [5.74, 6) is 2.35. The van der Waals surface area contributed by atoms with Crippen LogP contribution in [0, 0.1) is 0 Å². The van der Waals surface area contributed by atoms with Gasteiger partial charge in [-0.25, -0.2) is 14.5 Å². The van der Waals surface area contributed by atoms with E-state index in [2.05, 4.69) is 21.7 Å². The van der Waals surface area contributed by atoms with Crippen LogP contribution in [0.4, 0.5) is 11.8 Å². The standard InChI is InChI=1S/C24H26N6O2/c1-31-15-14-25-21-5-3-4-20-22(19-12-13-26-24(28-19)27-17-8-9-17)23(29-30(20)21)16-6-10-18(32-2)11-7-16/h3-7,10-13,17,25H,8-9,14-15H2,1-2H3,(H,26,27,28). The highest BCUT2D eigenvalue weighted by atomic mass is 16.5. The molecule has 0 unspecified atom stereocenters. The predicted molar refractivity (Wildman–Crippen MR) is 125 cm³/mol. The third-order valence-electron chi connectivity index (χ3n) is 5.46. The number of pyridine rings is 1. The molecule has 1 aliphatic rings. The number of fused-ring (bicyclic) bond motifs is 1. The molecule has 1 aromatic carbocycles. The second-order valence-corrected chi connectivity index (χ2v) is 7.76. The first-order valence-electron chi connectivity index (χ1n) is 10.8. The molecule has 4 aromatic rings. The molecular weight excluding hydrogens is 404 g/mol. The van der Waals surface area contributed by atoms with Crippen molar-refractivity contribution >= 4 is 17.3 Å². The summed E-state index contributed by atoms with van der Waals surface area (Å²) in [4.78, 5) is 9.24. The van der Waals surface area contributed by atoms with Crippen molar-refractivity contribution in [2.75, 3.05) is 38.0 Å². The quantitative estimate of drug-likeness (QED) is 0.387. The molecule has 2 N–H and O–H groups in total. The van der Waals surface area contributed by atoms with Gasteiger partial charge in [0.05, 0.1) is 30.5 Å². The Bertz CT molecular complexity index is 1220. The zero-order valence-corrected chi connectivity index (χ0v) is 18.2. The van der Waals surface area contributed by atoms with Crippen LogP contribution >= 0.6 is 0 Å². The summed E-state index contributed by atoms with van der Waals surface area (Å²) in [5.41, 5.74) is 4.60. The van der Waals surface area contributed by atoms with Gasteiger partial charge in [0.1, 0.15) is 17.3 Å². The van der Waals surface area contributed by atoms with Crippen LogP contribution in [-0.2, 0) is 4.74 Å². The number of methoxy groups -OCH3 is 2. The Kier molecular flexibility index (Phi) is 5.60. The van der Waals surface area contributed by atoms with Crippen LogP contribution in [0.1, 0.15) is 12.8 Å². The van der Waals surface area contributed by atoms with E-state index in [0.29, 0.717) is 25.1 Å². The second kappa shape index (κ2) is 8.84. The molecule has 0 saturated heterocycles. The zero-order chi connectivity index (χ0) is 21.9. The van der Waals surface area contributed by atoms with Gasteiger partial charge in [0.2, 0.25) is 5.95 Å². The van der Waals surface area contributed by atoms with Gasteiger partial charge in [0.15, 0.2) is 0 Å². The lowest BCUT2D eigenvalue weighted by atomic mass is 10.0. The number of nitrogens with one attached hydrogen (secondary N) is 2. The van der Waals surface area contributed by atoms with Gasteiger partial charge in [-0.15, -0.1) is 0 Å². The van der Waals surface area contributed by atoms with Crippen molar-refractivity contribution in [2.24, 2.45) is 0 Å². The Morgan fingerprint density at radius 1 is 1.06 bits per heavy atom. The van der Waals surface area contributed by atoms with Crippen LogP contribution in [0.3, 0.4) is 0 Å². The number of aromatic nitrogens is 4. The van der Waals surface area contributed by atoms with Crippen molar-refractivity contribution in [1.82, 2.24) is 19.6 Å². The fourth-order valence-corrected chi connectivity index (χ4v) is 3.67. The maximum atomic E-state index is 5.34. The van der Waals surface area contributed by atoms with Gasteiger partial charge >= 0.3 is 0 Å². The summed E-state index contributed by atoms with van der Waals surface area (Å²) in [5, 5.41) is 11.8. The molecule has 5 rings (SSSR count). The van der Waals surface area contributed by atoms with Crippen LogP contribution < -0.4 is 15.4 Å². The molecule has 164 valence electrons. The molecular formula is C24H26N6O2. The van der Waals surface area contributed by atoms with E-state index >= 15 is 0 Å². The van der Waals surface area contributed by atoms with Crippen molar-refractivity contribution < 1.29 is 9.47 Å². The van der Waals surface area contributed by atoms with E-state index in [1.165, 1.54) is 0 Å². The fraction of sp³-hybridized carbons (Fsp3) is 0.292. The Balaban J connectivity index is 1.65. The Labute approximate surface area is 186 Å². The van der Waals surface area contributed by atoms with E-state index < -0.39 is 0 Å². The van der Waals surface area contributed by atoms with Crippen LogP contribution in [0.2, 0.25) is 0 Å². The molecule has 8 heteroatoms. The van der Waals surface area contributed by atoms with Crippen LogP contribution in [0.15, 0.2) is 54.7 Å². The number of rotatable bonds is 9. The maximum absolute atomic E-state index is 5.34. The Morgan fingerprint density at radius 3 is 2.66 bits per heavy atom. The molecule has 3 heterocycles. The lowest BCUT2D eigenvalue weighted by molar-refractivity contribution is 0.210. The normalized spacial score (nSPS) is 13.3. The van der Waals surface area contributed by atoms with E-state index in [-0.39, 0.29) is 0 Å². The van der Waals surface area contributed by atoms with Crippen LogP contribution in [0.5, 0.6) is 5.75 Å². The van der Waals surface area contributed by atoms with E-state index in [1.807, 2.05) is 47.0 Å². The molecule has 32 heavy (non-hydrogen) atoms. The minimum Gasteiger partial charge on any atom is -0.497 e. The number of nitrogens with zero attached hydrogens (tertiary/aromatic N) is 4. The summed E-state index contributed by atoms with van der Waals surface area (Å²) in [6.45, 7) is 1.30. The third-order valence-corrected chi connectivity index (χ3v) is 5.46. The number of hydrogen-bond acceptors (Lipinski definition) is 7. The van der Waals surface area contributed by atoms with Gasteiger partial charge in [0, 0.05) is 31.5 Å². The zero-order valence-electron chi connectivity index (χ0n) is 18.2. The molecule has 1 fully saturated rings. The highest BCUT2D eigenvalue weighted by Gasteiger charge is 2.23. The SMILES string of the molecule is COCCNc1cccc2c(-c3ccnc(NC4CC4)n3)c(-c3ccc(OC)cc3)nn12. The van der Waals surface area contributed by atoms with Gasteiger partial charge in [-0.05, 0) is 55.3 Å². The van der Waals surface area contributed by atoms with Crippen LogP contribution in [-0.4, -0.2) is 53.0 Å². The highest BCUT2D eigenvalue weighted by Crippen LogP contribution is 2.36. The Hall–Kier alpha value is -3.65. The van der Waals surface area contributed by atoms with Crippen molar-refractivity contribution in [3.05, 3.63) is 54.7 Å². The molecule has 0 amide bonds. The topological polar surface area (TPSA) is 85.6 Å². The molecule has 3 aromatic heterocycles. The first-order chi connectivity index (χ1) is 15.8. The van der Waals surface area contributed by atoms with Crippen LogP contribution in [0.25, 0.3) is 28.0 Å². The number of benzene rings is 1. The summed E-state index contributed by atoms with van der Waals surface area (Å²) in [7, 11) is 3.36. The van der Waals surface area contributed by atoms with E-state index in [4.69, 9.17) is 19.6 Å². The van der Waals surface area contributed by atoms with Gasteiger partial charge in [0.25, 0.3) is 0 Å². The first-order valence-corrected chi connectivity index (χ1v) is 10.8. The fourth-order valence-electron chi connectivity index (χ4n) is 3.67. The summed E-state index contributed by atoms with van der Waals surface area (Å²) >= 11 is 0. The average molecular weight is 431 g/mol. The van der Waals surface area contributed by atoms with Gasteiger partial charge in [-0.1, -0.05) is 6.07 Å². The molecule has 0 spiro atoms. The second-order valence-electron chi connectivity index (χ2n) is 7.76. The third kappa shape index (κ3) is 4.09. The molecule has 0 bridgehead atoms. The number of hydrogen-bond donors (Lipinski definition) is 2. The highest BCUT2D eigenvalue weighted by molar-refractivity contribution is 5.91. The Morgan fingerprint density at radius 2 is 1.91 bits per heavy atom. The molecule has 0 radical (unpaired) electrons.